The molecule has 76 valence electrons. The zero-order valence-corrected chi connectivity index (χ0v) is 10.3. The summed E-state index contributed by atoms with van der Waals surface area (Å²) >= 11 is 0. The maximum absolute atomic E-state index is 5.44. The minimum Gasteiger partial charge on any atom is -0.423 e. The summed E-state index contributed by atoms with van der Waals surface area (Å²) in [7, 11) is 0.759. The van der Waals surface area contributed by atoms with Gasteiger partial charge >= 0.3 is 0 Å². The van der Waals surface area contributed by atoms with Crippen LogP contribution in [0.4, 0.5) is 0 Å². The molecule has 1 rings (SSSR count). The van der Waals surface area contributed by atoms with Gasteiger partial charge in [0, 0.05) is 7.11 Å². The molecule has 2 heteroatoms. The molecule has 0 radical (unpaired) electrons. The van der Waals surface area contributed by atoms with Crippen molar-refractivity contribution in [2.45, 2.75) is 19.0 Å². The molecule has 2 atom stereocenters. The van der Waals surface area contributed by atoms with E-state index < -0.39 is 9.04 Å². The van der Waals surface area contributed by atoms with E-state index >= 15 is 0 Å². The first-order valence-corrected chi connectivity index (χ1v) is 7.23. The fourth-order valence-corrected chi connectivity index (χ4v) is 2.58. The Labute approximate surface area is 88.1 Å². The Morgan fingerprint density at radius 3 is 2.36 bits per heavy atom. The van der Waals surface area contributed by atoms with Gasteiger partial charge in [-0.25, -0.2) is 0 Å². The summed E-state index contributed by atoms with van der Waals surface area (Å²) in [5.74, 6) is 0. The standard InChI is InChI=1S/C12H18OSi/c1-5-11-6-8-12(9-7-11)10(2)14(4)13-3/h5-10,14H,1H2,2-4H3. The van der Waals surface area contributed by atoms with Crippen LogP contribution >= 0.6 is 0 Å². The summed E-state index contributed by atoms with van der Waals surface area (Å²) in [6.07, 6.45) is 1.87. The topological polar surface area (TPSA) is 9.23 Å². The lowest BCUT2D eigenvalue weighted by Crippen LogP contribution is -2.19. The van der Waals surface area contributed by atoms with Crippen LogP contribution in [0.3, 0.4) is 0 Å². The molecule has 0 saturated heterocycles. The Hall–Kier alpha value is -0.863. The molecule has 14 heavy (non-hydrogen) atoms. The van der Waals surface area contributed by atoms with E-state index in [0.717, 1.165) is 0 Å². The van der Waals surface area contributed by atoms with Crippen LogP contribution in [0.15, 0.2) is 30.8 Å². The van der Waals surface area contributed by atoms with Gasteiger partial charge in [0.25, 0.3) is 0 Å². The number of rotatable bonds is 4. The summed E-state index contributed by atoms with van der Waals surface area (Å²) < 4.78 is 5.44. The molecule has 1 aromatic carbocycles. The van der Waals surface area contributed by atoms with Crippen LogP contribution in [-0.4, -0.2) is 16.2 Å². The minimum atomic E-state index is -1.05. The van der Waals surface area contributed by atoms with E-state index in [4.69, 9.17) is 4.43 Å². The van der Waals surface area contributed by atoms with Gasteiger partial charge in [0.1, 0.15) is 0 Å². The van der Waals surface area contributed by atoms with E-state index in [9.17, 15) is 0 Å². The molecule has 2 unspecified atom stereocenters. The van der Waals surface area contributed by atoms with Crippen molar-refractivity contribution in [2.75, 3.05) is 7.11 Å². The summed E-state index contributed by atoms with van der Waals surface area (Å²) in [4.78, 5) is 0. The lowest BCUT2D eigenvalue weighted by atomic mass is 10.1. The van der Waals surface area contributed by atoms with E-state index in [2.05, 4.69) is 44.3 Å². The lowest BCUT2D eigenvalue weighted by Gasteiger charge is -2.17. The van der Waals surface area contributed by atoms with E-state index in [1.165, 1.54) is 11.1 Å². The number of benzene rings is 1. The molecule has 0 saturated carbocycles. The van der Waals surface area contributed by atoms with Crippen molar-refractivity contribution in [2.24, 2.45) is 0 Å². The Morgan fingerprint density at radius 1 is 1.36 bits per heavy atom. The third kappa shape index (κ3) is 2.56. The van der Waals surface area contributed by atoms with Gasteiger partial charge in [0.15, 0.2) is 9.04 Å². The predicted octanol–water partition coefficient (Wildman–Crippen LogP) is 2.97. The van der Waals surface area contributed by atoms with Crippen molar-refractivity contribution in [3.63, 3.8) is 0 Å². The molecule has 1 aromatic rings. The van der Waals surface area contributed by atoms with Crippen LogP contribution in [0.5, 0.6) is 0 Å². The maximum atomic E-state index is 5.44. The van der Waals surface area contributed by atoms with Gasteiger partial charge in [0.05, 0.1) is 0 Å². The second-order valence-corrected chi connectivity index (χ2v) is 6.48. The number of hydrogen-bond acceptors (Lipinski definition) is 1. The first-order valence-electron chi connectivity index (χ1n) is 4.94. The van der Waals surface area contributed by atoms with Crippen LogP contribution in [0.25, 0.3) is 6.08 Å². The van der Waals surface area contributed by atoms with Gasteiger partial charge < -0.3 is 4.43 Å². The molecule has 1 nitrogen and oxygen atoms in total. The van der Waals surface area contributed by atoms with Gasteiger partial charge in [-0.05, 0) is 23.2 Å². The summed E-state index contributed by atoms with van der Waals surface area (Å²) in [6.45, 7) is 8.21. The fraction of sp³-hybridized carbons (Fsp3) is 0.333. The Balaban J connectivity index is 2.80. The van der Waals surface area contributed by atoms with Crippen LogP contribution in [0, 0.1) is 0 Å². The maximum Gasteiger partial charge on any atom is 0.180 e. The SMILES string of the molecule is C=Cc1ccc(C(C)[SiH](C)OC)cc1. The van der Waals surface area contributed by atoms with Gasteiger partial charge in [0.2, 0.25) is 0 Å². The average molecular weight is 206 g/mol. The molecule has 0 heterocycles. The first kappa shape index (κ1) is 11.2. The molecular weight excluding hydrogens is 188 g/mol. The zero-order chi connectivity index (χ0) is 10.6. The van der Waals surface area contributed by atoms with Gasteiger partial charge in [-0.3, -0.25) is 0 Å². The van der Waals surface area contributed by atoms with E-state index in [1.54, 1.807) is 0 Å². The van der Waals surface area contributed by atoms with Crippen LogP contribution < -0.4 is 0 Å². The van der Waals surface area contributed by atoms with Crippen molar-refractivity contribution in [1.29, 1.82) is 0 Å². The molecular formula is C12H18OSi. The monoisotopic (exact) mass is 206 g/mol. The lowest BCUT2D eigenvalue weighted by molar-refractivity contribution is 0.416. The Morgan fingerprint density at radius 2 is 1.93 bits per heavy atom. The Bertz CT molecular complexity index is 292. The van der Waals surface area contributed by atoms with Crippen molar-refractivity contribution < 1.29 is 4.43 Å². The summed E-state index contributed by atoms with van der Waals surface area (Å²) in [5, 5.41) is 0. The molecule has 0 bridgehead atoms. The summed E-state index contributed by atoms with van der Waals surface area (Å²) in [5.41, 5.74) is 3.11. The van der Waals surface area contributed by atoms with E-state index in [1.807, 2.05) is 13.2 Å². The van der Waals surface area contributed by atoms with E-state index in [-0.39, 0.29) is 0 Å². The van der Waals surface area contributed by atoms with Crippen molar-refractivity contribution >= 4 is 15.1 Å². The smallest absolute Gasteiger partial charge is 0.180 e. The van der Waals surface area contributed by atoms with E-state index in [0.29, 0.717) is 5.54 Å². The largest absolute Gasteiger partial charge is 0.423 e. The van der Waals surface area contributed by atoms with Crippen LogP contribution in [-0.2, 0) is 4.43 Å². The highest BCUT2D eigenvalue weighted by Gasteiger charge is 2.15. The number of hydrogen-bond donors (Lipinski definition) is 0. The minimum absolute atomic E-state index is 0.568. The third-order valence-electron chi connectivity index (χ3n) is 2.77. The first-order chi connectivity index (χ1) is 6.69. The van der Waals surface area contributed by atoms with Crippen molar-refractivity contribution in [3.05, 3.63) is 42.0 Å². The van der Waals surface area contributed by atoms with Crippen molar-refractivity contribution in [3.8, 4) is 0 Å². The second kappa shape index (κ2) is 5.13. The molecule has 0 aliphatic carbocycles. The molecule has 0 aliphatic heterocycles. The molecule has 0 aromatic heterocycles. The highest BCUT2D eigenvalue weighted by Crippen LogP contribution is 2.19. The average Bonchev–Trinajstić information content (AvgIpc) is 2.27. The fourth-order valence-electron chi connectivity index (χ4n) is 1.41. The van der Waals surface area contributed by atoms with Gasteiger partial charge in [-0.1, -0.05) is 43.8 Å². The molecule has 0 fully saturated rings. The molecule has 0 spiro atoms. The molecule has 0 N–H and O–H groups in total. The molecule has 0 aliphatic rings. The van der Waals surface area contributed by atoms with Gasteiger partial charge in [-0.15, -0.1) is 0 Å². The van der Waals surface area contributed by atoms with Crippen LogP contribution in [0.1, 0.15) is 23.6 Å². The molecule has 0 amide bonds. The highest BCUT2D eigenvalue weighted by molar-refractivity contribution is 6.51. The normalized spacial score (nSPS) is 14.8. The second-order valence-electron chi connectivity index (χ2n) is 3.60. The summed E-state index contributed by atoms with van der Waals surface area (Å²) in [6, 6.07) is 8.56. The Kier molecular flexibility index (Phi) is 4.11. The highest BCUT2D eigenvalue weighted by atomic mass is 28.3. The zero-order valence-electron chi connectivity index (χ0n) is 9.16. The third-order valence-corrected chi connectivity index (χ3v) is 5.31. The quantitative estimate of drug-likeness (QED) is 0.688. The van der Waals surface area contributed by atoms with Gasteiger partial charge in [-0.2, -0.15) is 0 Å². The van der Waals surface area contributed by atoms with Crippen LogP contribution in [0.2, 0.25) is 6.55 Å². The predicted molar refractivity (Wildman–Crippen MR) is 65.0 cm³/mol. The van der Waals surface area contributed by atoms with Crippen molar-refractivity contribution in [1.82, 2.24) is 0 Å².